The number of aromatic nitrogens is 1. The first-order valence-electron chi connectivity index (χ1n) is 7.87. The second kappa shape index (κ2) is 16.6. The van der Waals surface area contributed by atoms with Crippen molar-refractivity contribution in [3.63, 3.8) is 0 Å². The summed E-state index contributed by atoms with van der Waals surface area (Å²) in [5.41, 5.74) is 0. The van der Waals surface area contributed by atoms with Crippen LogP contribution in [0.2, 0.25) is 0 Å². The number of hydrogen-bond donors (Lipinski definition) is 1. The molecule has 0 fully saturated rings. The van der Waals surface area contributed by atoms with E-state index in [1.807, 2.05) is 0 Å². The molecule has 0 aliphatic rings. The van der Waals surface area contributed by atoms with Gasteiger partial charge in [0, 0.05) is 18.6 Å². The third-order valence-corrected chi connectivity index (χ3v) is 3.55. The van der Waals surface area contributed by atoms with E-state index >= 15 is 0 Å². The predicted molar refractivity (Wildman–Crippen MR) is 93.8 cm³/mol. The van der Waals surface area contributed by atoms with Crippen molar-refractivity contribution >= 4 is 17.0 Å². The van der Waals surface area contributed by atoms with E-state index in [2.05, 4.69) is 42.1 Å². The zero-order chi connectivity index (χ0) is 12.9. The lowest BCUT2D eigenvalue weighted by Gasteiger charge is -2.01. The van der Waals surface area contributed by atoms with E-state index in [0.29, 0.717) is 0 Å². The standard InChI is InChI=1S/C17H30N.BrH.H3N/c1-2-3-4-5-6-7-8-9-10-12-15-18-16-13-11-14-17-18;;/h11,13-14,16-17H,2-10,12,15H2,1H3;1H;1H3/q+1;;. The summed E-state index contributed by atoms with van der Waals surface area (Å²) >= 11 is 0. The van der Waals surface area contributed by atoms with Gasteiger partial charge < -0.3 is 6.15 Å². The third-order valence-electron chi connectivity index (χ3n) is 3.55. The molecule has 20 heavy (non-hydrogen) atoms. The van der Waals surface area contributed by atoms with Crippen LogP contribution in [-0.2, 0) is 6.54 Å². The van der Waals surface area contributed by atoms with E-state index in [-0.39, 0.29) is 23.1 Å². The average Bonchev–Trinajstić information content (AvgIpc) is 2.42. The molecule has 1 heterocycles. The molecule has 0 aromatic carbocycles. The molecule has 0 aliphatic heterocycles. The van der Waals surface area contributed by atoms with E-state index < -0.39 is 0 Å². The molecule has 0 aliphatic carbocycles. The van der Waals surface area contributed by atoms with Crippen LogP contribution in [-0.4, -0.2) is 0 Å². The van der Waals surface area contributed by atoms with Gasteiger partial charge in [-0.2, -0.15) is 0 Å². The van der Waals surface area contributed by atoms with Crippen molar-refractivity contribution in [3.8, 4) is 0 Å². The Morgan fingerprint density at radius 1 is 0.650 bits per heavy atom. The minimum atomic E-state index is 0. The van der Waals surface area contributed by atoms with Crippen LogP contribution in [0.3, 0.4) is 0 Å². The maximum absolute atomic E-state index is 2.28. The van der Waals surface area contributed by atoms with Crippen LogP contribution in [0.25, 0.3) is 0 Å². The minimum absolute atomic E-state index is 0. The molecular weight excluding hydrogens is 312 g/mol. The highest BCUT2D eigenvalue weighted by Gasteiger charge is 1.97. The lowest BCUT2D eigenvalue weighted by atomic mass is 10.1. The Kier molecular flexibility index (Phi) is 18.2. The summed E-state index contributed by atoms with van der Waals surface area (Å²) in [5, 5.41) is 0. The summed E-state index contributed by atoms with van der Waals surface area (Å²) in [6, 6.07) is 6.29. The van der Waals surface area contributed by atoms with Gasteiger partial charge in [-0.15, -0.1) is 17.0 Å². The third kappa shape index (κ3) is 12.6. The molecule has 2 nitrogen and oxygen atoms in total. The topological polar surface area (TPSA) is 38.9 Å². The van der Waals surface area contributed by atoms with Gasteiger partial charge in [0.15, 0.2) is 12.4 Å². The first-order valence-corrected chi connectivity index (χ1v) is 7.87. The molecule has 0 radical (unpaired) electrons. The van der Waals surface area contributed by atoms with Gasteiger partial charge in [0.25, 0.3) is 0 Å². The largest absolute Gasteiger partial charge is 0.344 e. The molecule has 0 atom stereocenters. The number of pyridine rings is 1. The molecule has 3 N–H and O–H groups in total. The van der Waals surface area contributed by atoms with E-state index in [1.54, 1.807) is 0 Å². The van der Waals surface area contributed by atoms with Crippen LogP contribution < -0.4 is 10.7 Å². The highest BCUT2D eigenvalue weighted by Crippen LogP contribution is 2.10. The van der Waals surface area contributed by atoms with Crippen molar-refractivity contribution in [1.82, 2.24) is 6.15 Å². The van der Waals surface area contributed by atoms with Crippen LogP contribution in [0.15, 0.2) is 30.6 Å². The van der Waals surface area contributed by atoms with Gasteiger partial charge in [-0.25, -0.2) is 4.57 Å². The SMILES string of the molecule is Br.CCCCCCCCCCCC[n+]1ccccc1.N. The van der Waals surface area contributed by atoms with Crippen molar-refractivity contribution < 1.29 is 4.57 Å². The van der Waals surface area contributed by atoms with Crippen LogP contribution in [0.5, 0.6) is 0 Å². The van der Waals surface area contributed by atoms with Gasteiger partial charge in [0.2, 0.25) is 0 Å². The maximum Gasteiger partial charge on any atom is 0.168 e. The normalized spacial score (nSPS) is 9.65. The van der Waals surface area contributed by atoms with Crippen molar-refractivity contribution in [2.24, 2.45) is 0 Å². The molecule has 0 spiro atoms. The quantitative estimate of drug-likeness (QED) is 0.409. The highest BCUT2D eigenvalue weighted by molar-refractivity contribution is 8.93. The Bertz CT molecular complexity index is 278. The summed E-state index contributed by atoms with van der Waals surface area (Å²) < 4.78 is 2.28. The molecule has 1 aromatic rings. The Hall–Kier alpha value is -0.410. The van der Waals surface area contributed by atoms with Crippen LogP contribution in [0.1, 0.15) is 71.1 Å². The highest BCUT2D eigenvalue weighted by atomic mass is 79.9. The van der Waals surface area contributed by atoms with E-state index in [4.69, 9.17) is 0 Å². The van der Waals surface area contributed by atoms with Gasteiger partial charge in [-0.05, 0) is 6.42 Å². The molecule has 0 saturated heterocycles. The number of halogens is 1. The number of nitrogens with zero attached hydrogens (tertiary/aromatic N) is 1. The van der Waals surface area contributed by atoms with Crippen LogP contribution >= 0.6 is 17.0 Å². The summed E-state index contributed by atoms with van der Waals surface area (Å²) in [7, 11) is 0. The number of aryl methyl sites for hydroxylation is 1. The van der Waals surface area contributed by atoms with Gasteiger partial charge in [0.1, 0.15) is 6.54 Å². The Morgan fingerprint density at radius 2 is 1.10 bits per heavy atom. The summed E-state index contributed by atoms with van der Waals surface area (Å²) in [5.74, 6) is 0. The van der Waals surface area contributed by atoms with Gasteiger partial charge in [-0.1, -0.05) is 64.4 Å². The van der Waals surface area contributed by atoms with Gasteiger partial charge in [0.05, 0.1) is 0 Å². The zero-order valence-electron chi connectivity index (χ0n) is 13.2. The second-order valence-corrected chi connectivity index (χ2v) is 5.30. The Labute approximate surface area is 136 Å². The number of hydrogen-bond acceptors (Lipinski definition) is 1. The monoisotopic (exact) mass is 345 g/mol. The number of unbranched alkanes of at least 4 members (excludes halogenated alkanes) is 9. The molecule has 118 valence electrons. The minimum Gasteiger partial charge on any atom is -0.344 e. The lowest BCUT2D eigenvalue weighted by molar-refractivity contribution is -0.697. The molecule has 0 saturated carbocycles. The number of rotatable bonds is 11. The average molecular weight is 346 g/mol. The molecule has 0 amide bonds. The molecule has 1 aromatic heterocycles. The predicted octanol–water partition coefficient (Wildman–Crippen LogP) is 5.63. The van der Waals surface area contributed by atoms with Crippen molar-refractivity contribution in [1.29, 1.82) is 0 Å². The first-order chi connectivity index (χ1) is 8.93. The molecule has 1 rings (SSSR count). The maximum atomic E-state index is 2.28. The van der Waals surface area contributed by atoms with Gasteiger partial charge >= 0.3 is 0 Å². The molecule has 0 bridgehead atoms. The van der Waals surface area contributed by atoms with E-state index in [0.717, 1.165) is 0 Å². The smallest absolute Gasteiger partial charge is 0.168 e. The first kappa shape index (κ1) is 21.9. The molecule has 3 heteroatoms. The second-order valence-electron chi connectivity index (χ2n) is 5.30. The van der Waals surface area contributed by atoms with Crippen molar-refractivity contribution in [2.45, 2.75) is 77.7 Å². The van der Waals surface area contributed by atoms with Gasteiger partial charge in [-0.3, -0.25) is 0 Å². The summed E-state index contributed by atoms with van der Waals surface area (Å²) in [6.45, 7) is 3.46. The zero-order valence-corrected chi connectivity index (χ0v) is 14.9. The van der Waals surface area contributed by atoms with Crippen LogP contribution in [0.4, 0.5) is 0 Å². The Balaban J connectivity index is 0. The van der Waals surface area contributed by atoms with Crippen molar-refractivity contribution in [2.75, 3.05) is 0 Å². The van der Waals surface area contributed by atoms with E-state index in [9.17, 15) is 0 Å². The fraction of sp³-hybridized carbons (Fsp3) is 0.706. The fourth-order valence-corrected chi connectivity index (χ4v) is 2.37. The van der Waals surface area contributed by atoms with E-state index in [1.165, 1.54) is 70.8 Å². The summed E-state index contributed by atoms with van der Waals surface area (Å²) in [4.78, 5) is 0. The molecule has 0 unspecified atom stereocenters. The lowest BCUT2D eigenvalue weighted by Crippen LogP contribution is -2.32. The summed E-state index contributed by atoms with van der Waals surface area (Å²) in [6.07, 6.45) is 18.5. The fourth-order valence-electron chi connectivity index (χ4n) is 2.37. The van der Waals surface area contributed by atoms with Crippen molar-refractivity contribution in [3.05, 3.63) is 30.6 Å². The molecular formula is C17H34BrN2+. The van der Waals surface area contributed by atoms with Crippen LogP contribution in [0, 0.1) is 0 Å². The Morgan fingerprint density at radius 3 is 1.60 bits per heavy atom.